The predicted octanol–water partition coefficient (Wildman–Crippen LogP) is 2.19. The van der Waals surface area contributed by atoms with Crippen molar-refractivity contribution < 1.29 is 23.4 Å². The number of fused-ring (bicyclic) bond motifs is 1. The minimum absolute atomic E-state index is 0.00834. The lowest BCUT2D eigenvalue weighted by Crippen LogP contribution is -2.25. The van der Waals surface area contributed by atoms with Crippen LogP contribution in [0.2, 0.25) is 0 Å². The van der Waals surface area contributed by atoms with Crippen molar-refractivity contribution in [2.75, 3.05) is 11.9 Å². The third-order valence-corrected chi connectivity index (χ3v) is 2.41. The topological polar surface area (TPSA) is 50.7 Å². The Bertz CT molecular complexity index is 412. The second-order valence-electron chi connectivity index (χ2n) is 3.77. The van der Waals surface area contributed by atoms with E-state index in [0.717, 1.165) is 0 Å². The minimum atomic E-state index is -3.59. The lowest BCUT2D eigenvalue weighted by atomic mass is 10.2. The zero-order chi connectivity index (χ0) is 12.5. The summed E-state index contributed by atoms with van der Waals surface area (Å²) in [6.07, 6.45) is -3.44. The van der Waals surface area contributed by atoms with Crippen LogP contribution in [-0.4, -0.2) is 24.0 Å². The summed E-state index contributed by atoms with van der Waals surface area (Å²) >= 11 is 0. The first-order valence-corrected chi connectivity index (χ1v) is 5.32. The normalized spacial score (nSPS) is 17.9. The van der Waals surface area contributed by atoms with Crippen LogP contribution in [0.25, 0.3) is 0 Å². The molecule has 1 aliphatic heterocycles. The molecule has 0 radical (unpaired) electrons. The Balaban J connectivity index is 2.04. The van der Waals surface area contributed by atoms with Crippen LogP contribution in [0.1, 0.15) is 13.3 Å². The summed E-state index contributed by atoms with van der Waals surface area (Å²) in [5.41, 5.74) is 0.595. The van der Waals surface area contributed by atoms with Gasteiger partial charge >= 0.3 is 6.29 Å². The first kappa shape index (κ1) is 11.9. The van der Waals surface area contributed by atoms with Gasteiger partial charge in [0.1, 0.15) is 0 Å². The molecule has 2 N–H and O–H groups in total. The number of ether oxygens (including phenoxy) is 2. The zero-order valence-electron chi connectivity index (χ0n) is 9.24. The summed E-state index contributed by atoms with van der Waals surface area (Å²) in [6.45, 7) is 2.21. The number of rotatable bonds is 4. The predicted molar refractivity (Wildman–Crippen MR) is 57.4 cm³/mol. The molecule has 0 fully saturated rings. The van der Waals surface area contributed by atoms with Crippen LogP contribution in [0.15, 0.2) is 18.2 Å². The van der Waals surface area contributed by atoms with Crippen LogP contribution >= 0.6 is 0 Å². The van der Waals surface area contributed by atoms with Crippen molar-refractivity contribution in [1.82, 2.24) is 0 Å². The van der Waals surface area contributed by atoms with Crippen molar-refractivity contribution in [3.63, 3.8) is 0 Å². The minimum Gasteiger partial charge on any atom is -0.395 e. The van der Waals surface area contributed by atoms with Gasteiger partial charge in [0.15, 0.2) is 11.5 Å². The van der Waals surface area contributed by atoms with Crippen LogP contribution in [0, 0.1) is 0 Å². The Morgan fingerprint density at radius 3 is 2.76 bits per heavy atom. The highest BCUT2D eigenvalue weighted by Gasteiger charge is 2.43. The number of aliphatic hydroxyl groups excluding tert-OH is 1. The first-order chi connectivity index (χ1) is 8.00. The monoisotopic (exact) mass is 245 g/mol. The van der Waals surface area contributed by atoms with Crippen molar-refractivity contribution in [1.29, 1.82) is 0 Å². The van der Waals surface area contributed by atoms with Crippen molar-refractivity contribution in [3.05, 3.63) is 18.2 Å². The smallest absolute Gasteiger partial charge is 0.395 e. The molecule has 1 aromatic rings. The molecule has 0 spiro atoms. The molecule has 1 atom stereocenters. The Kier molecular flexibility index (Phi) is 3.06. The van der Waals surface area contributed by atoms with Crippen LogP contribution in [-0.2, 0) is 0 Å². The summed E-state index contributed by atoms with van der Waals surface area (Å²) in [4.78, 5) is 0. The van der Waals surface area contributed by atoms with Crippen molar-refractivity contribution in [2.24, 2.45) is 0 Å². The SMILES string of the molecule is CCC(O)CNc1ccc2c(c1)OC(F)(F)O2. The fraction of sp³-hybridized carbons (Fsp3) is 0.455. The number of aliphatic hydroxyl groups is 1. The van der Waals surface area contributed by atoms with E-state index in [1.54, 1.807) is 6.07 Å². The third-order valence-electron chi connectivity index (χ3n) is 2.41. The van der Waals surface area contributed by atoms with Gasteiger partial charge in [-0.1, -0.05) is 6.92 Å². The molecule has 6 heteroatoms. The number of alkyl halides is 2. The molecule has 1 unspecified atom stereocenters. The molecule has 0 saturated carbocycles. The number of anilines is 1. The summed E-state index contributed by atoms with van der Waals surface area (Å²) in [5, 5.41) is 12.3. The van der Waals surface area contributed by atoms with E-state index in [2.05, 4.69) is 14.8 Å². The molecular weight excluding hydrogens is 232 g/mol. The highest BCUT2D eigenvalue weighted by molar-refractivity contribution is 5.55. The fourth-order valence-electron chi connectivity index (χ4n) is 1.44. The highest BCUT2D eigenvalue weighted by Crippen LogP contribution is 2.42. The Morgan fingerprint density at radius 1 is 1.35 bits per heavy atom. The zero-order valence-corrected chi connectivity index (χ0v) is 9.24. The van der Waals surface area contributed by atoms with E-state index in [0.29, 0.717) is 18.7 Å². The van der Waals surface area contributed by atoms with E-state index >= 15 is 0 Å². The molecule has 0 bridgehead atoms. The number of hydrogen-bond acceptors (Lipinski definition) is 4. The molecule has 1 aromatic carbocycles. The Morgan fingerprint density at radius 2 is 2.06 bits per heavy atom. The Hall–Kier alpha value is -1.56. The van der Waals surface area contributed by atoms with Gasteiger partial charge in [-0.15, -0.1) is 8.78 Å². The fourth-order valence-corrected chi connectivity index (χ4v) is 1.44. The highest BCUT2D eigenvalue weighted by atomic mass is 19.3. The van der Waals surface area contributed by atoms with E-state index in [-0.39, 0.29) is 11.5 Å². The van der Waals surface area contributed by atoms with Crippen LogP contribution in [0.5, 0.6) is 11.5 Å². The van der Waals surface area contributed by atoms with E-state index in [4.69, 9.17) is 0 Å². The van der Waals surface area contributed by atoms with Gasteiger partial charge in [0.25, 0.3) is 0 Å². The third kappa shape index (κ3) is 2.76. The average Bonchev–Trinajstić information content (AvgIpc) is 2.58. The molecule has 0 aliphatic carbocycles. The van der Waals surface area contributed by atoms with Gasteiger partial charge in [0.05, 0.1) is 6.10 Å². The number of halogens is 2. The molecule has 0 saturated heterocycles. The van der Waals surface area contributed by atoms with Gasteiger partial charge in [0.2, 0.25) is 0 Å². The van der Waals surface area contributed by atoms with Crippen molar-refractivity contribution in [2.45, 2.75) is 25.7 Å². The number of nitrogens with one attached hydrogen (secondary N) is 1. The second kappa shape index (κ2) is 4.37. The van der Waals surface area contributed by atoms with Gasteiger partial charge < -0.3 is 19.9 Å². The number of benzene rings is 1. The maximum atomic E-state index is 12.7. The van der Waals surface area contributed by atoms with Crippen LogP contribution < -0.4 is 14.8 Å². The maximum absolute atomic E-state index is 12.7. The van der Waals surface area contributed by atoms with Crippen LogP contribution in [0.4, 0.5) is 14.5 Å². The lowest BCUT2D eigenvalue weighted by molar-refractivity contribution is -0.286. The molecule has 1 heterocycles. The standard InChI is InChI=1S/C11H13F2NO3/c1-2-8(15)6-14-7-3-4-9-10(5-7)17-11(12,13)16-9/h3-5,8,14-15H,2,6H2,1H3. The van der Waals surface area contributed by atoms with Crippen molar-refractivity contribution in [3.8, 4) is 11.5 Å². The number of hydrogen-bond donors (Lipinski definition) is 2. The maximum Gasteiger partial charge on any atom is 0.586 e. The molecular formula is C11H13F2NO3. The van der Waals surface area contributed by atoms with E-state index in [1.165, 1.54) is 12.1 Å². The van der Waals surface area contributed by atoms with Crippen LogP contribution in [0.3, 0.4) is 0 Å². The summed E-state index contributed by atoms with van der Waals surface area (Å²) < 4.78 is 34.0. The first-order valence-electron chi connectivity index (χ1n) is 5.32. The van der Waals surface area contributed by atoms with Gasteiger partial charge in [-0.2, -0.15) is 0 Å². The van der Waals surface area contributed by atoms with Gasteiger partial charge in [-0.25, -0.2) is 0 Å². The molecule has 0 amide bonds. The molecule has 0 aromatic heterocycles. The molecule has 4 nitrogen and oxygen atoms in total. The molecule has 94 valence electrons. The largest absolute Gasteiger partial charge is 0.586 e. The molecule has 2 rings (SSSR count). The average molecular weight is 245 g/mol. The van der Waals surface area contributed by atoms with E-state index in [1.807, 2.05) is 6.92 Å². The van der Waals surface area contributed by atoms with Gasteiger partial charge in [-0.3, -0.25) is 0 Å². The molecule has 1 aliphatic rings. The van der Waals surface area contributed by atoms with E-state index in [9.17, 15) is 13.9 Å². The lowest BCUT2D eigenvalue weighted by Gasteiger charge is -2.10. The van der Waals surface area contributed by atoms with Crippen molar-refractivity contribution >= 4 is 5.69 Å². The quantitative estimate of drug-likeness (QED) is 0.853. The summed E-state index contributed by atoms with van der Waals surface area (Å²) in [5.74, 6) is 0.00239. The van der Waals surface area contributed by atoms with Gasteiger partial charge in [-0.05, 0) is 18.6 Å². The second-order valence-corrected chi connectivity index (χ2v) is 3.77. The summed E-state index contributed by atoms with van der Waals surface area (Å²) in [7, 11) is 0. The van der Waals surface area contributed by atoms with Gasteiger partial charge in [0, 0.05) is 18.3 Å². The Labute approximate surface area is 97.2 Å². The van der Waals surface area contributed by atoms with E-state index < -0.39 is 12.4 Å². The summed E-state index contributed by atoms with van der Waals surface area (Å²) in [6, 6.07) is 4.40. The molecule has 17 heavy (non-hydrogen) atoms.